The van der Waals surface area contributed by atoms with Gasteiger partial charge in [-0.1, -0.05) is 6.07 Å². The van der Waals surface area contributed by atoms with Crippen LogP contribution in [0.25, 0.3) is 32.8 Å². The zero-order chi connectivity index (χ0) is 26.6. The lowest BCUT2D eigenvalue weighted by molar-refractivity contribution is -0.160. The van der Waals surface area contributed by atoms with Gasteiger partial charge >= 0.3 is 5.97 Å². The molecule has 8 heteroatoms. The number of ether oxygens (including phenoxy) is 2. The van der Waals surface area contributed by atoms with Crippen molar-refractivity contribution in [2.45, 2.75) is 45.8 Å². The van der Waals surface area contributed by atoms with Crippen LogP contribution in [-0.2, 0) is 16.0 Å². The van der Waals surface area contributed by atoms with Crippen LogP contribution in [0.2, 0.25) is 0 Å². The summed E-state index contributed by atoms with van der Waals surface area (Å²) in [5.74, 6) is -2.16. The number of nitrogens with two attached hydrogens (primary N) is 1. The van der Waals surface area contributed by atoms with Crippen LogP contribution in [0.1, 0.15) is 53.9 Å². The van der Waals surface area contributed by atoms with E-state index in [2.05, 4.69) is 4.98 Å². The number of aromatic nitrogens is 1. The number of aliphatic carboxylic acids is 1. The van der Waals surface area contributed by atoms with Crippen LogP contribution in [0, 0.1) is 12.7 Å². The number of benzene rings is 3. The summed E-state index contributed by atoms with van der Waals surface area (Å²) in [6.45, 7) is 7.65. The normalized spacial score (nSPS) is 14.0. The lowest BCUT2D eigenvalue weighted by atomic mass is 9.85. The van der Waals surface area contributed by atoms with E-state index in [-0.39, 0.29) is 5.56 Å². The van der Waals surface area contributed by atoms with E-state index in [4.69, 9.17) is 15.2 Å². The largest absolute Gasteiger partial charge is 0.493 e. The number of aryl methyl sites for hydroxylation is 1. The Morgan fingerprint density at radius 2 is 1.95 bits per heavy atom. The Bertz CT molecular complexity index is 1600. The molecule has 0 bridgehead atoms. The number of primary amides is 1. The Hall–Kier alpha value is -4.04. The fraction of sp³-hybridized carbons (Fsp3) is 0.276. The molecule has 2 heterocycles. The third-order valence-electron chi connectivity index (χ3n) is 6.54. The first-order valence-electron chi connectivity index (χ1n) is 12.0. The second-order valence-corrected chi connectivity index (χ2v) is 10.3. The molecule has 5 rings (SSSR count). The standard InChI is InChI=1S/C29H27FN2O5/c1-14-11-16-12-19(27(31)33)20(30)13-18(16)24(22(14)26(28(34)35)37-29(2,3)4)17-5-6-21-23-15(8-10-36-21)7-9-32-25(17)23/h5-7,9,11-13,26H,8,10H2,1-4H3,(H2,31,33)(H,34,35)/t26-/m0/s1. The highest BCUT2D eigenvalue weighted by atomic mass is 19.1. The molecule has 1 aliphatic rings. The van der Waals surface area contributed by atoms with Crippen molar-refractivity contribution in [1.82, 2.24) is 4.98 Å². The van der Waals surface area contributed by atoms with E-state index in [1.54, 1.807) is 40.0 Å². The molecule has 7 nitrogen and oxygen atoms in total. The third kappa shape index (κ3) is 4.27. The number of carboxylic acids is 1. The zero-order valence-corrected chi connectivity index (χ0v) is 21.0. The summed E-state index contributed by atoms with van der Waals surface area (Å²) in [7, 11) is 0. The van der Waals surface area contributed by atoms with Crippen LogP contribution in [0.5, 0.6) is 5.75 Å². The maximum Gasteiger partial charge on any atom is 0.337 e. The molecule has 3 aromatic carbocycles. The Kier molecular flexibility index (Phi) is 5.87. The van der Waals surface area contributed by atoms with Crippen LogP contribution in [0.15, 0.2) is 42.6 Å². The Balaban J connectivity index is 1.95. The van der Waals surface area contributed by atoms with Crippen LogP contribution < -0.4 is 10.5 Å². The number of pyridine rings is 1. The summed E-state index contributed by atoms with van der Waals surface area (Å²) in [5.41, 5.74) is 8.15. The topological polar surface area (TPSA) is 112 Å². The molecule has 1 atom stereocenters. The molecule has 4 aromatic rings. The van der Waals surface area contributed by atoms with E-state index >= 15 is 4.39 Å². The summed E-state index contributed by atoms with van der Waals surface area (Å²) < 4.78 is 27.1. The van der Waals surface area contributed by atoms with Gasteiger partial charge in [0.1, 0.15) is 11.6 Å². The Morgan fingerprint density at radius 3 is 2.62 bits per heavy atom. The second kappa shape index (κ2) is 8.81. The Morgan fingerprint density at radius 1 is 1.19 bits per heavy atom. The zero-order valence-electron chi connectivity index (χ0n) is 21.0. The summed E-state index contributed by atoms with van der Waals surface area (Å²) in [4.78, 5) is 29.1. The number of hydrogen-bond acceptors (Lipinski definition) is 5. The SMILES string of the molecule is Cc1cc2cc(C(N)=O)c(F)cc2c(-c2ccc3c4c(ccnc24)CCO3)c1[C@H](OC(C)(C)C)C(=O)O. The average Bonchev–Trinajstić information content (AvgIpc) is 2.82. The molecule has 1 amide bonds. The van der Waals surface area contributed by atoms with Gasteiger partial charge in [0.25, 0.3) is 5.91 Å². The van der Waals surface area contributed by atoms with Crippen molar-refractivity contribution in [3.8, 4) is 16.9 Å². The monoisotopic (exact) mass is 502 g/mol. The van der Waals surface area contributed by atoms with Crippen LogP contribution in [0.4, 0.5) is 4.39 Å². The molecule has 3 N–H and O–H groups in total. The highest BCUT2D eigenvalue weighted by molar-refractivity contribution is 6.10. The first-order chi connectivity index (χ1) is 17.5. The quantitative estimate of drug-likeness (QED) is 0.374. The van der Waals surface area contributed by atoms with Gasteiger partial charge < -0.3 is 20.3 Å². The first kappa shape index (κ1) is 24.6. The van der Waals surface area contributed by atoms with Gasteiger partial charge in [-0.25, -0.2) is 9.18 Å². The molecule has 0 saturated carbocycles. The minimum Gasteiger partial charge on any atom is -0.493 e. The lowest BCUT2D eigenvalue weighted by Crippen LogP contribution is -2.28. The number of carbonyl (C=O) groups is 2. The summed E-state index contributed by atoms with van der Waals surface area (Å²) in [6, 6.07) is 9.94. The van der Waals surface area contributed by atoms with Gasteiger partial charge in [0, 0.05) is 29.1 Å². The number of halogens is 1. The van der Waals surface area contributed by atoms with Crippen molar-refractivity contribution >= 4 is 33.6 Å². The number of amides is 1. The van der Waals surface area contributed by atoms with Crippen LogP contribution in [0.3, 0.4) is 0 Å². The smallest absolute Gasteiger partial charge is 0.337 e. The van der Waals surface area contributed by atoms with Crippen molar-refractivity contribution in [2.75, 3.05) is 6.61 Å². The van der Waals surface area contributed by atoms with Crippen molar-refractivity contribution in [3.63, 3.8) is 0 Å². The van der Waals surface area contributed by atoms with Gasteiger partial charge in [-0.05, 0) is 85.5 Å². The van der Waals surface area contributed by atoms with Gasteiger partial charge in [-0.15, -0.1) is 0 Å². The fourth-order valence-corrected chi connectivity index (χ4v) is 5.09. The number of nitrogens with zero attached hydrogens (tertiary/aromatic N) is 1. The van der Waals surface area contributed by atoms with E-state index in [1.807, 2.05) is 18.2 Å². The van der Waals surface area contributed by atoms with E-state index < -0.39 is 29.4 Å². The van der Waals surface area contributed by atoms with Crippen molar-refractivity contribution in [2.24, 2.45) is 5.73 Å². The van der Waals surface area contributed by atoms with Gasteiger partial charge in [-0.2, -0.15) is 0 Å². The molecular weight excluding hydrogens is 475 g/mol. The summed E-state index contributed by atoms with van der Waals surface area (Å²) in [6.07, 6.45) is 1.07. The third-order valence-corrected chi connectivity index (χ3v) is 6.54. The summed E-state index contributed by atoms with van der Waals surface area (Å²) >= 11 is 0. The van der Waals surface area contributed by atoms with Crippen LogP contribution in [-0.4, -0.2) is 34.2 Å². The fourth-order valence-electron chi connectivity index (χ4n) is 5.09. The highest BCUT2D eigenvalue weighted by Gasteiger charge is 2.33. The highest BCUT2D eigenvalue weighted by Crippen LogP contribution is 2.45. The number of carbonyl (C=O) groups excluding carboxylic acids is 1. The van der Waals surface area contributed by atoms with Gasteiger partial charge in [0.2, 0.25) is 0 Å². The molecule has 0 radical (unpaired) electrons. The minimum absolute atomic E-state index is 0.241. The number of carboxylic acid groups (broad SMARTS) is 1. The molecule has 1 aromatic heterocycles. The maximum atomic E-state index is 15.2. The van der Waals surface area contributed by atoms with Crippen molar-refractivity contribution in [1.29, 1.82) is 0 Å². The molecule has 0 saturated heterocycles. The van der Waals surface area contributed by atoms with Crippen LogP contribution >= 0.6 is 0 Å². The Labute approximate surface area is 213 Å². The second-order valence-electron chi connectivity index (χ2n) is 10.3. The maximum absolute atomic E-state index is 15.2. The first-order valence-corrected chi connectivity index (χ1v) is 12.0. The van der Waals surface area contributed by atoms with Gasteiger partial charge in [0.05, 0.1) is 23.3 Å². The van der Waals surface area contributed by atoms with Crippen molar-refractivity contribution in [3.05, 3.63) is 70.7 Å². The lowest BCUT2D eigenvalue weighted by Gasteiger charge is -2.29. The molecule has 190 valence electrons. The predicted octanol–water partition coefficient (Wildman–Crippen LogP) is 5.48. The molecule has 1 aliphatic heterocycles. The molecule has 37 heavy (non-hydrogen) atoms. The van der Waals surface area contributed by atoms with E-state index in [0.29, 0.717) is 57.3 Å². The summed E-state index contributed by atoms with van der Waals surface area (Å²) in [5, 5.41) is 12.1. The van der Waals surface area contributed by atoms with E-state index in [0.717, 1.165) is 10.9 Å². The van der Waals surface area contributed by atoms with Crippen molar-refractivity contribution < 1.29 is 28.6 Å². The van der Waals surface area contributed by atoms with E-state index in [9.17, 15) is 14.7 Å². The molecule has 0 unspecified atom stereocenters. The molecule has 0 aliphatic carbocycles. The molecule has 0 fully saturated rings. The number of fused-ring (bicyclic) bond motifs is 1. The molecule has 0 spiro atoms. The number of rotatable bonds is 5. The molecular formula is C29H27FN2O5. The minimum atomic E-state index is -1.35. The van der Waals surface area contributed by atoms with Gasteiger partial charge in [-0.3, -0.25) is 9.78 Å². The van der Waals surface area contributed by atoms with E-state index in [1.165, 1.54) is 12.1 Å². The average molecular weight is 503 g/mol. The predicted molar refractivity (Wildman–Crippen MR) is 138 cm³/mol. The van der Waals surface area contributed by atoms with Gasteiger partial charge in [0.15, 0.2) is 6.10 Å². The number of hydrogen-bond donors (Lipinski definition) is 2.